The fraction of sp³-hybridized carbons (Fsp3) is 0.235. The Morgan fingerprint density at radius 1 is 1.11 bits per heavy atom. The summed E-state index contributed by atoms with van der Waals surface area (Å²) in [6.07, 6.45) is 0.407. The molecule has 0 aliphatic carbocycles. The molecule has 0 bridgehead atoms. The van der Waals surface area contributed by atoms with Crippen LogP contribution in [0.5, 0.6) is 5.75 Å². The molecule has 0 aliphatic heterocycles. The van der Waals surface area contributed by atoms with E-state index in [0.29, 0.717) is 24.3 Å². The van der Waals surface area contributed by atoms with Gasteiger partial charge < -0.3 is 4.74 Å². The Balaban J connectivity index is 2.25. The SMILES string of the molecule is CCOc1ccc(C)cc1C(=O)Cc1ccccc1. The van der Waals surface area contributed by atoms with Crippen molar-refractivity contribution in [2.45, 2.75) is 20.3 Å². The van der Waals surface area contributed by atoms with Gasteiger partial charge in [0, 0.05) is 6.42 Å². The number of hydrogen-bond acceptors (Lipinski definition) is 2. The van der Waals surface area contributed by atoms with E-state index in [2.05, 4.69) is 0 Å². The van der Waals surface area contributed by atoms with Crippen LogP contribution in [0, 0.1) is 6.92 Å². The normalized spacial score (nSPS) is 10.2. The number of hydrogen-bond donors (Lipinski definition) is 0. The van der Waals surface area contributed by atoms with E-state index in [9.17, 15) is 4.79 Å². The van der Waals surface area contributed by atoms with Gasteiger partial charge in [-0.1, -0.05) is 42.0 Å². The zero-order valence-electron chi connectivity index (χ0n) is 11.3. The highest BCUT2D eigenvalue weighted by Gasteiger charge is 2.13. The number of rotatable bonds is 5. The van der Waals surface area contributed by atoms with E-state index in [1.54, 1.807) is 0 Å². The van der Waals surface area contributed by atoms with Crippen molar-refractivity contribution in [1.82, 2.24) is 0 Å². The summed E-state index contributed by atoms with van der Waals surface area (Å²) in [5.41, 5.74) is 2.77. The third-order valence-corrected chi connectivity index (χ3v) is 2.94. The molecule has 0 atom stereocenters. The molecular formula is C17H18O2. The molecule has 0 aliphatic rings. The van der Waals surface area contributed by atoms with Crippen molar-refractivity contribution >= 4 is 5.78 Å². The van der Waals surface area contributed by atoms with E-state index in [0.717, 1.165) is 11.1 Å². The number of carbonyl (C=O) groups is 1. The molecule has 0 heterocycles. The van der Waals surface area contributed by atoms with E-state index in [1.807, 2.05) is 62.4 Å². The second kappa shape index (κ2) is 6.19. The summed E-state index contributed by atoms with van der Waals surface area (Å²) in [6.45, 7) is 4.47. The van der Waals surface area contributed by atoms with Gasteiger partial charge in [0.15, 0.2) is 5.78 Å². The first-order chi connectivity index (χ1) is 9.20. The third-order valence-electron chi connectivity index (χ3n) is 2.94. The van der Waals surface area contributed by atoms with Gasteiger partial charge in [0.2, 0.25) is 0 Å². The second-order valence-corrected chi connectivity index (χ2v) is 4.52. The molecule has 0 amide bonds. The second-order valence-electron chi connectivity index (χ2n) is 4.52. The standard InChI is InChI=1S/C17H18O2/c1-3-19-17-10-9-13(2)11-15(17)16(18)12-14-7-5-4-6-8-14/h4-11H,3,12H2,1-2H3. The first-order valence-electron chi connectivity index (χ1n) is 6.51. The Kier molecular flexibility index (Phi) is 4.35. The average Bonchev–Trinajstić information content (AvgIpc) is 2.42. The minimum Gasteiger partial charge on any atom is -0.493 e. The largest absolute Gasteiger partial charge is 0.493 e. The third kappa shape index (κ3) is 3.44. The number of benzene rings is 2. The van der Waals surface area contributed by atoms with Crippen molar-refractivity contribution in [3.05, 3.63) is 65.2 Å². The maximum Gasteiger partial charge on any atom is 0.170 e. The monoisotopic (exact) mass is 254 g/mol. The van der Waals surface area contributed by atoms with Crippen molar-refractivity contribution < 1.29 is 9.53 Å². The topological polar surface area (TPSA) is 26.3 Å². The number of ketones is 1. The van der Waals surface area contributed by atoms with Gasteiger partial charge in [0.1, 0.15) is 5.75 Å². The summed E-state index contributed by atoms with van der Waals surface area (Å²) in [6, 6.07) is 15.5. The molecule has 2 heteroatoms. The number of ether oxygens (including phenoxy) is 1. The van der Waals surface area contributed by atoms with Gasteiger partial charge in [-0.2, -0.15) is 0 Å². The summed E-state index contributed by atoms with van der Waals surface area (Å²) >= 11 is 0. The number of Topliss-reactive ketones (excluding diaryl/α,β-unsaturated/α-hetero) is 1. The Hall–Kier alpha value is -2.09. The zero-order valence-corrected chi connectivity index (χ0v) is 11.3. The smallest absolute Gasteiger partial charge is 0.170 e. The molecule has 2 nitrogen and oxygen atoms in total. The molecule has 2 rings (SSSR count). The van der Waals surface area contributed by atoms with E-state index in [4.69, 9.17) is 4.74 Å². The van der Waals surface area contributed by atoms with Crippen LogP contribution in [0.2, 0.25) is 0 Å². The lowest BCUT2D eigenvalue weighted by Gasteiger charge is -2.10. The van der Waals surface area contributed by atoms with Crippen molar-refractivity contribution in [3.8, 4) is 5.75 Å². The van der Waals surface area contributed by atoms with E-state index >= 15 is 0 Å². The maximum absolute atomic E-state index is 12.4. The zero-order chi connectivity index (χ0) is 13.7. The molecule has 19 heavy (non-hydrogen) atoms. The highest BCUT2D eigenvalue weighted by atomic mass is 16.5. The van der Waals surface area contributed by atoms with Gasteiger partial charge in [0.05, 0.1) is 12.2 Å². The van der Waals surface area contributed by atoms with Crippen molar-refractivity contribution in [2.75, 3.05) is 6.61 Å². The van der Waals surface area contributed by atoms with Crippen LogP contribution in [0.4, 0.5) is 0 Å². The van der Waals surface area contributed by atoms with Gasteiger partial charge in [-0.25, -0.2) is 0 Å². The molecule has 0 unspecified atom stereocenters. The predicted molar refractivity (Wildman–Crippen MR) is 76.8 cm³/mol. The van der Waals surface area contributed by atoms with Crippen LogP contribution in [0.3, 0.4) is 0 Å². The fourth-order valence-corrected chi connectivity index (χ4v) is 2.02. The Labute approximate surface area is 114 Å². The van der Waals surface area contributed by atoms with E-state index < -0.39 is 0 Å². The Morgan fingerprint density at radius 3 is 2.53 bits per heavy atom. The molecule has 2 aromatic carbocycles. The molecule has 0 aromatic heterocycles. The lowest BCUT2D eigenvalue weighted by atomic mass is 10.0. The molecule has 0 radical (unpaired) electrons. The summed E-state index contributed by atoms with van der Waals surface area (Å²) in [4.78, 5) is 12.4. The highest BCUT2D eigenvalue weighted by molar-refractivity contribution is 6.00. The van der Waals surface area contributed by atoms with Gasteiger partial charge in [0.25, 0.3) is 0 Å². The molecule has 2 aromatic rings. The van der Waals surface area contributed by atoms with Crippen LogP contribution in [0.1, 0.15) is 28.4 Å². The number of aryl methyl sites for hydroxylation is 1. The Morgan fingerprint density at radius 2 is 1.84 bits per heavy atom. The molecular weight excluding hydrogens is 236 g/mol. The first kappa shape index (κ1) is 13.3. The minimum atomic E-state index is 0.0957. The van der Waals surface area contributed by atoms with Crippen LogP contribution in [0.25, 0.3) is 0 Å². The van der Waals surface area contributed by atoms with Crippen molar-refractivity contribution in [3.63, 3.8) is 0 Å². The summed E-state index contributed by atoms with van der Waals surface area (Å²) in [5.74, 6) is 0.771. The molecule has 0 saturated carbocycles. The quantitative estimate of drug-likeness (QED) is 0.758. The van der Waals surface area contributed by atoms with Gasteiger partial charge in [-0.3, -0.25) is 4.79 Å². The molecule has 0 saturated heterocycles. The summed E-state index contributed by atoms with van der Waals surface area (Å²) in [5, 5.41) is 0. The lowest BCUT2D eigenvalue weighted by molar-refractivity contribution is 0.0989. The van der Waals surface area contributed by atoms with Gasteiger partial charge in [-0.15, -0.1) is 0 Å². The maximum atomic E-state index is 12.4. The average molecular weight is 254 g/mol. The first-order valence-corrected chi connectivity index (χ1v) is 6.51. The van der Waals surface area contributed by atoms with Crippen LogP contribution in [-0.4, -0.2) is 12.4 Å². The van der Waals surface area contributed by atoms with E-state index in [1.165, 1.54) is 0 Å². The van der Waals surface area contributed by atoms with Gasteiger partial charge >= 0.3 is 0 Å². The highest BCUT2D eigenvalue weighted by Crippen LogP contribution is 2.22. The summed E-state index contributed by atoms with van der Waals surface area (Å²) < 4.78 is 5.53. The van der Waals surface area contributed by atoms with E-state index in [-0.39, 0.29) is 5.78 Å². The van der Waals surface area contributed by atoms with Crippen LogP contribution in [0.15, 0.2) is 48.5 Å². The fourth-order valence-electron chi connectivity index (χ4n) is 2.02. The Bertz CT molecular complexity index is 559. The van der Waals surface area contributed by atoms with Crippen molar-refractivity contribution in [2.24, 2.45) is 0 Å². The molecule has 0 fully saturated rings. The molecule has 0 N–H and O–H groups in total. The number of carbonyl (C=O) groups excluding carboxylic acids is 1. The van der Waals surface area contributed by atoms with Crippen LogP contribution >= 0.6 is 0 Å². The minimum absolute atomic E-state index is 0.0957. The molecule has 0 spiro atoms. The van der Waals surface area contributed by atoms with Crippen LogP contribution in [-0.2, 0) is 6.42 Å². The van der Waals surface area contributed by atoms with Gasteiger partial charge in [-0.05, 0) is 31.5 Å². The van der Waals surface area contributed by atoms with Crippen molar-refractivity contribution in [1.29, 1.82) is 0 Å². The lowest BCUT2D eigenvalue weighted by Crippen LogP contribution is -2.07. The molecule has 98 valence electrons. The summed E-state index contributed by atoms with van der Waals surface area (Å²) in [7, 11) is 0. The van der Waals surface area contributed by atoms with Crippen LogP contribution < -0.4 is 4.74 Å². The predicted octanol–water partition coefficient (Wildman–Crippen LogP) is 3.82.